The van der Waals surface area contributed by atoms with E-state index in [0.29, 0.717) is 12.3 Å². The average Bonchev–Trinajstić information content (AvgIpc) is 3.12. The molecule has 2 nitrogen and oxygen atoms in total. The number of nitrogens with two attached hydrogens (primary N) is 1. The first kappa shape index (κ1) is 14.3. The quantitative estimate of drug-likeness (QED) is 0.490. The van der Waals surface area contributed by atoms with Crippen molar-refractivity contribution >= 4 is 0 Å². The lowest BCUT2D eigenvalue weighted by molar-refractivity contribution is -0.138. The Kier molecular flexibility index (Phi) is 4.10. The first-order valence-electron chi connectivity index (χ1n) is 6.24. The molecule has 1 fully saturated rings. The summed E-state index contributed by atoms with van der Waals surface area (Å²) in [6, 6.07) is 1.83. The number of hydrogen-bond acceptors (Lipinski definition) is 2. The van der Waals surface area contributed by atoms with E-state index in [4.69, 9.17) is 5.84 Å². The molecule has 0 saturated heterocycles. The second-order valence-electron chi connectivity index (χ2n) is 4.97. The molecule has 1 aliphatic carbocycles. The molecule has 1 unspecified atom stereocenters. The fourth-order valence-electron chi connectivity index (χ4n) is 2.22. The predicted molar refractivity (Wildman–Crippen MR) is 63.4 cm³/mol. The van der Waals surface area contributed by atoms with Gasteiger partial charge in [0, 0.05) is 6.04 Å². The zero-order valence-corrected chi connectivity index (χ0v) is 10.3. The molecule has 1 aromatic rings. The second-order valence-corrected chi connectivity index (χ2v) is 4.97. The monoisotopic (exact) mass is 276 g/mol. The van der Waals surface area contributed by atoms with Crippen molar-refractivity contribution < 1.29 is 17.6 Å². The zero-order chi connectivity index (χ0) is 14.0. The van der Waals surface area contributed by atoms with Crippen LogP contribution in [-0.2, 0) is 6.18 Å². The van der Waals surface area contributed by atoms with Gasteiger partial charge in [-0.15, -0.1) is 0 Å². The van der Waals surface area contributed by atoms with Gasteiger partial charge in [-0.2, -0.15) is 13.2 Å². The highest BCUT2D eigenvalue weighted by Crippen LogP contribution is 2.39. The van der Waals surface area contributed by atoms with Gasteiger partial charge in [0.2, 0.25) is 0 Å². The van der Waals surface area contributed by atoms with Gasteiger partial charge in [-0.25, -0.2) is 4.39 Å². The molecule has 1 atom stereocenters. The third kappa shape index (κ3) is 3.67. The summed E-state index contributed by atoms with van der Waals surface area (Å²) in [6.07, 6.45) is -0.979. The van der Waals surface area contributed by atoms with Gasteiger partial charge in [0.1, 0.15) is 5.82 Å². The number of benzene rings is 1. The molecular weight excluding hydrogens is 260 g/mol. The number of rotatable bonds is 5. The molecule has 0 heterocycles. The minimum absolute atomic E-state index is 0.115. The summed E-state index contributed by atoms with van der Waals surface area (Å²) in [7, 11) is 0. The molecular formula is C13H16F4N2. The van der Waals surface area contributed by atoms with Gasteiger partial charge in [-0.05, 0) is 42.5 Å². The van der Waals surface area contributed by atoms with E-state index in [9.17, 15) is 17.6 Å². The van der Waals surface area contributed by atoms with Crippen LogP contribution >= 0.6 is 0 Å². The largest absolute Gasteiger partial charge is 0.416 e. The molecule has 0 amide bonds. The summed E-state index contributed by atoms with van der Waals surface area (Å²) in [6.45, 7) is 0. The average molecular weight is 276 g/mol. The van der Waals surface area contributed by atoms with Gasteiger partial charge < -0.3 is 0 Å². The van der Waals surface area contributed by atoms with Crippen molar-refractivity contribution in [2.24, 2.45) is 11.8 Å². The number of alkyl halides is 3. The maximum atomic E-state index is 13.2. The molecule has 1 aliphatic rings. The van der Waals surface area contributed by atoms with E-state index in [0.717, 1.165) is 37.5 Å². The molecule has 3 N–H and O–H groups in total. The van der Waals surface area contributed by atoms with E-state index in [2.05, 4.69) is 5.43 Å². The first-order valence-corrected chi connectivity index (χ1v) is 6.24. The van der Waals surface area contributed by atoms with Crippen LogP contribution in [0, 0.1) is 11.7 Å². The van der Waals surface area contributed by atoms with E-state index >= 15 is 0 Å². The summed E-state index contributed by atoms with van der Waals surface area (Å²) in [5.41, 5.74) is 1.43. The van der Waals surface area contributed by atoms with Crippen LogP contribution in [-0.4, -0.2) is 0 Å². The SMILES string of the molecule is NNC(CCC1CC1)c1cc(F)ccc1C(F)(F)F. The van der Waals surface area contributed by atoms with Crippen molar-refractivity contribution in [3.8, 4) is 0 Å². The predicted octanol–water partition coefficient (Wildman–Crippen LogP) is 3.54. The van der Waals surface area contributed by atoms with Crippen molar-refractivity contribution in [1.29, 1.82) is 0 Å². The van der Waals surface area contributed by atoms with E-state index in [1.54, 1.807) is 0 Å². The number of nitrogens with one attached hydrogen (secondary N) is 1. The molecule has 0 aliphatic heterocycles. The van der Waals surface area contributed by atoms with Crippen molar-refractivity contribution in [1.82, 2.24) is 5.43 Å². The summed E-state index contributed by atoms with van der Waals surface area (Å²) < 4.78 is 51.9. The molecule has 1 aromatic carbocycles. The molecule has 6 heteroatoms. The van der Waals surface area contributed by atoms with Crippen LogP contribution in [0.25, 0.3) is 0 Å². The number of hydrazine groups is 1. The first-order chi connectivity index (χ1) is 8.91. The number of halogens is 4. The molecule has 106 valence electrons. The van der Waals surface area contributed by atoms with Crippen LogP contribution in [0.3, 0.4) is 0 Å². The standard InChI is InChI=1S/C13H16F4N2/c14-9-4-5-11(13(15,16)17)10(7-9)12(19-18)6-3-8-1-2-8/h4-5,7-8,12,19H,1-3,6,18H2. The van der Waals surface area contributed by atoms with Crippen molar-refractivity contribution in [2.75, 3.05) is 0 Å². The molecule has 0 aromatic heterocycles. The molecule has 1 saturated carbocycles. The minimum atomic E-state index is -4.50. The Bertz CT molecular complexity index is 441. The maximum absolute atomic E-state index is 13.2. The van der Waals surface area contributed by atoms with Crippen LogP contribution in [0.1, 0.15) is 42.9 Å². The third-order valence-electron chi connectivity index (χ3n) is 3.46. The van der Waals surface area contributed by atoms with Crippen LogP contribution in [0.15, 0.2) is 18.2 Å². The topological polar surface area (TPSA) is 38.0 Å². The molecule has 2 rings (SSSR count). The summed E-state index contributed by atoms with van der Waals surface area (Å²) in [5.74, 6) is 5.23. The third-order valence-corrected chi connectivity index (χ3v) is 3.46. The van der Waals surface area contributed by atoms with Gasteiger partial charge in [0.15, 0.2) is 0 Å². The summed E-state index contributed by atoms with van der Waals surface area (Å²) in [4.78, 5) is 0. The number of hydrogen-bond donors (Lipinski definition) is 2. The highest BCUT2D eigenvalue weighted by Gasteiger charge is 2.35. The zero-order valence-electron chi connectivity index (χ0n) is 10.3. The lowest BCUT2D eigenvalue weighted by Crippen LogP contribution is -2.30. The lowest BCUT2D eigenvalue weighted by Gasteiger charge is -2.21. The molecule has 0 spiro atoms. The highest BCUT2D eigenvalue weighted by molar-refractivity contribution is 5.33. The van der Waals surface area contributed by atoms with Gasteiger partial charge in [0.25, 0.3) is 0 Å². The lowest BCUT2D eigenvalue weighted by atomic mass is 9.95. The van der Waals surface area contributed by atoms with E-state index in [1.807, 2.05) is 0 Å². The van der Waals surface area contributed by atoms with Crippen LogP contribution < -0.4 is 11.3 Å². The Hall–Kier alpha value is -1.14. The smallest absolute Gasteiger partial charge is 0.271 e. The van der Waals surface area contributed by atoms with E-state index in [1.165, 1.54) is 0 Å². The van der Waals surface area contributed by atoms with Gasteiger partial charge in [-0.1, -0.05) is 12.8 Å². The Balaban J connectivity index is 2.25. The maximum Gasteiger partial charge on any atom is 0.416 e. The fourth-order valence-corrected chi connectivity index (χ4v) is 2.22. The minimum Gasteiger partial charge on any atom is -0.271 e. The Morgan fingerprint density at radius 1 is 1.32 bits per heavy atom. The van der Waals surface area contributed by atoms with Crippen LogP contribution in [0.4, 0.5) is 17.6 Å². The van der Waals surface area contributed by atoms with E-state index < -0.39 is 23.6 Å². The molecule has 19 heavy (non-hydrogen) atoms. The summed E-state index contributed by atoms with van der Waals surface area (Å²) >= 11 is 0. The van der Waals surface area contributed by atoms with Crippen molar-refractivity contribution in [2.45, 2.75) is 37.9 Å². The Morgan fingerprint density at radius 3 is 2.53 bits per heavy atom. The van der Waals surface area contributed by atoms with Crippen molar-refractivity contribution in [3.05, 3.63) is 35.1 Å². The molecule has 0 bridgehead atoms. The fraction of sp³-hybridized carbons (Fsp3) is 0.538. The molecule has 0 radical (unpaired) electrons. The van der Waals surface area contributed by atoms with Crippen LogP contribution in [0.2, 0.25) is 0 Å². The Labute approximate surface area is 109 Å². The van der Waals surface area contributed by atoms with Crippen LogP contribution in [0.5, 0.6) is 0 Å². The van der Waals surface area contributed by atoms with Gasteiger partial charge in [-0.3, -0.25) is 11.3 Å². The second kappa shape index (κ2) is 5.46. The highest BCUT2D eigenvalue weighted by atomic mass is 19.4. The van der Waals surface area contributed by atoms with Crippen molar-refractivity contribution in [3.63, 3.8) is 0 Å². The van der Waals surface area contributed by atoms with E-state index in [-0.39, 0.29) is 5.56 Å². The normalized spacial score (nSPS) is 17.5. The summed E-state index contributed by atoms with van der Waals surface area (Å²) in [5, 5.41) is 0. The Morgan fingerprint density at radius 2 is 2.00 bits per heavy atom. The van der Waals surface area contributed by atoms with Gasteiger partial charge in [0.05, 0.1) is 5.56 Å². The van der Waals surface area contributed by atoms with Gasteiger partial charge >= 0.3 is 6.18 Å².